The van der Waals surface area contributed by atoms with Crippen LogP contribution in [0.4, 0.5) is 5.69 Å². The summed E-state index contributed by atoms with van der Waals surface area (Å²) >= 11 is 1.59. The molecule has 0 aliphatic rings. The number of hydrogen-bond donors (Lipinski definition) is 0. The third kappa shape index (κ3) is 4.81. The van der Waals surface area contributed by atoms with Crippen LogP contribution in [0.5, 0.6) is 5.75 Å². The summed E-state index contributed by atoms with van der Waals surface area (Å²) in [6.07, 6.45) is 0. The number of ether oxygens (including phenoxy) is 1. The van der Waals surface area contributed by atoms with Crippen LogP contribution in [0.3, 0.4) is 0 Å². The molecule has 0 heterocycles. The van der Waals surface area contributed by atoms with E-state index in [1.807, 2.05) is 68.6 Å². The van der Waals surface area contributed by atoms with Gasteiger partial charge in [0.25, 0.3) is 0 Å². The van der Waals surface area contributed by atoms with E-state index >= 15 is 0 Å². The highest BCUT2D eigenvalue weighted by molar-refractivity contribution is 7.99. The third-order valence-corrected chi connectivity index (χ3v) is 4.23. The Morgan fingerprint density at radius 1 is 1.09 bits per heavy atom. The van der Waals surface area contributed by atoms with Gasteiger partial charge >= 0.3 is 0 Å². The van der Waals surface area contributed by atoms with Gasteiger partial charge in [0.2, 0.25) is 5.91 Å². The number of carbonyl (C=O) groups is 1. The Morgan fingerprint density at radius 3 is 2.50 bits per heavy atom. The number of nitrogens with zero attached hydrogens (tertiary/aromatic N) is 1. The molecule has 2 aromatic carbocycles. The first-order chi connectivity index (χ1) is 10.7. The van der Waals surface area contributed by atoms with Crippen LogP contribution in [0, 0.1) is 6.92 Å². The first-order valence-electron chi connectivity index (χ1n) is 7.26. The summed E-state index contributed by atoms with van der Waals surface area (Å²) in [5, 5.41) is 0. The largest absolute Gasteiger partial charge is 0.492 e. The fourth-order valence-corrected chi connectivity index (χ4v) is 2.69. The van der Waals surface area contributed by atoms with Crippen LogP contribution in [0.1, 0.15) is 5.56 Å². The van der Waals surface area contributed by atoms with Crippen LogP contribution in [-0.2, 0) is 4.79 Å². The molecule has 116 valence electrons. The zero-order chi connectivity index (χ0) is 15.8. The second-order valence-electron chi connectivity index (χ2n) is 4.95. The molecule has 0 unspecified atom stereocenters. The van der Waals surface area contributed by atoms with Crippen molar-refractivity contribution in [3.63, 3.8) is 0 Å². The number of aryl methyl sites for hydroxylation is 1. The molecule has 0 aliphatic heterocycles. The van der Waals surface area contributed by atoms with E-state index in [4.69, 9.17) is 4.74 Å². The number of thioether (sulfide) groups is 1. The maximum absolute atomic E-state index is 12.1. The molecule has 0 aromatic heterocycles. The van der Waals surface area contributed by atoms with Gasteiger partial charge in [-0.15, -0.1) is 11.8 Å². The Kier molecular flexibility index (Phi) is 6.34. The van der Waals surface area contributed by atoms with Gasteiger partial charge in [-0.05, 0) is 30.7 Å². The van der Waals surface area contributed by atoms with Crippen LogP contribution in [0.15, 0.2) is 54.6 Å². The van der Waals surface area contributed by atoms with Crippen molar-refractivity contribution >= 4 is 23.4 Å². The lowest BCUT2D eigenvalue weighted by Gasteiger charge is -2.17. The zero-order valence-electron chi connectivity index (χ0n) is 13.0. The lowest BCUT2D eigenvalue weighted by atomic mass is 10.2. The molecule has 4 heteroatoms. The van der Waals surface area contributed by atoms with Crippen LogP contribution in [0.2, 0.25) is 0 Å². The number of anilines is 1. The molecule has 3 nitrogen and oxygen atoms in total. The summed E-state index contributed by atoms with van der Waals surface area (Å²) in [6, 6.07) is 17.6. The molecule has 0 aliphatic carbocycles. The van der Waals surface area contributed by atoms with E-state index < -0.39 is 0 Å². The van der Waals surface area contributed by atoms with Crippen molar-refractivity contribution in [3.8, 4) is 5.75 Å². The first kappa shape index (κ1) is 16.4. The van der Waals surface area contributed by atoms with Crippen LogP contribution in [-0.4, -0.2) is 31.1 Å². The molecule has 0 spiro atoms. The average molecular weight is 315 g/mol. The van der Waals surface area contributed by atoms with Gasteiger partial charge in [-0.1, -0.05) is 36.4 Å². The molecule has 0 N–H and O–H groups in total. The van der Waals surface area contributed by atoms with Crippen LogP contribution < -0.4 is 9.64 Å². The number of carbonyl (C=O) groups excluding carboxylic acids is 1. The highest BCUT2D eigenvalue weighted by Gasteiger charge is 2.10. The van der Waals surface area contributed by atoms with Gasteiger partial charge in [-0.2, -0.15) is 0 Å². The number of rotatable bonds is 7. The van der Waals surface area contributed by atoms with Crippen molar-refractivity contribution in [1.29, 1.82) is 0 Å². The lowest BCUT2D eigenvalue weighted by molar-refractivity contribution is -0.115. The molecule has 22 heavy (non-hydrogen) atoms. The highest BCUT2D eigenvalue weighted by Crippen LogP contribution is 2.17. The van der Waals surface area contributed by atoms with Gasteiger partial charge in [-0.25, -0.2) is 0 Å². The minimum Gasteiger partial charge on any atom is -0.492 e. The predicted octanol–water partition coefficient (Wildman–Crippen LogP) is 3.77. The van der Waals surface area contributed by atoms with E-state index in [-0.39, 0.29) is 5.91 Å². The molecule has 0 saturated heterocycles. The van der Waals surface area contributed by atoms with Crippen molar-refractivity contribution in [2.24, 2.45) is 0 Å². The SMILES string of the molecule is Cc1ccccc1OCCSCC(=O)N(C)c1ccccc1. The van der Waals surface area contributed by atoms with Crippen molar-refractivity contribution < 1.29 is 9.53 Å². The number of hydrogen-bond acceptors (Lipinski definition) is 3. The Balaban J connectivity index is 1.68. The smallest absolute Gasteiger partial charge is 0.236 e. The molecule has 0 fully saturated rings. The summed E-state index contributed by atoms with van der Waals surface area (Å²) in [4.78, 5) is 13.8. The van der Waals surface area contributed by atoms with Gasteiger partial charge in [0.1, 0.15) is 5.75 Å². The minimum atomic E-state index is 0.104. The number of para-hydroxylation sites is 2. The lowest BCUT2D eigenvalue weighted by Crippen LogP contribution is -2.28. The molecule has 0 bridgehead atoms. The predicted molar refractivity (Wildman–Crippen MR) is 93.9 cm³/mol. The summed E-state index contributed by atoms with van der Waals surface area (Å²) < 4.78 is 5.72. The van der Waals surface area contributed by atoms with E-state index in [1.54, 1.807) is 16.7 Å². The molecule has 2 aromatic rings. The van der Waals surface area contributed by atoms with Crippen molar-refractivity contribution in [2.45, 2.75) is 6.92 Å². The molecule has 1 amide bonds. The van der Waals surface area contributed by atoms with E-state index in [0.717, 1.165) is 22.8 Å². The maximum atomic E-state index is 12.1. The van der Waals surface area contributed by atoms with E-state index in [9.17, 15) is 4.79 Å². The van der Waals surface area contributed by atoms with Gasteiger partial charge in [0.05, 0.1) is 12.4 Å². The van der Waals surface area contributed by atoms with E-state index in [1.165, 1.54) is 0 Å². The molecule has 2 rings (SSSR count). The topological polar surface area (TPSA) is 29.5 Å². The van der Waals surface area contributed by atoms with Crippen LogP contribution in [0.25, 0.3) is 0 Å². The molecular formula is C18H21NO2S. The van der Waals surface area contributed by atoms with Gasteiger partial charge in [-0.3, -0.25) is 4.79 Å². The molecular weight excluding hydrogens is 294 g/mol. The van der Waals surface area contributed by atoms with E-state index in [0.29, 0.717) is 12.4 Å². The number of benzene rings is 2. The Labute approximate surface area is 136 Å². The van der Waals surface area contributed by atoms with E-state index in [2.05, 4.69) is 0 Å². The molecule has 0 saturated carbocycles. The maximum Gasteiger partial charge on any atom is 0.236 e. The second kappa shape index (κ2) is 8.49. The van der Waals surface area contributed by atoms with Crippen molar-refractivity contribution in [1.82, 2.24) is 0 Å². The molecule has 0 radical (unpaired) electrons. The quantitative estimate of drug-likeness (QED) is 0.728. The van der Waals surface area contributed by atoms with Crippen molar-refractivity contribution in [3.05, 3.63) is 60.2 Å². The fourth-order valence-electron chi connectivity index (χ4n) is 1.98. The Bertz CT molecular complexity index is 601. The first-order valence-corrected chi connectivity index (χ1v) is 8.41. The summed E-state index contributed by atoms with van der Waals surface area (Å²) in [5.41, 5.74) is 2.05. The normalized spacial score (nSPS) is 10.3. The summed E-state index contributed by atoms with van der Waals surface area (Å²) in [7, 11) is 1.81. The van der Waals surface area contributed by atoms with Crippen LogP contribution >= 0.6 is 11.8 Å². The summed E-state index contributed by atoms with van der Waals surface area (Å²) in [6.45, 7) is 2.64. The van der Waals surface area contributed by atoms with Crippen molar-refractivity contribution in [2.75, 3.05) is 30.1 Å². The number of amides is 1. The second-order valence-corrected chi connectivity index (χ2v) is 6.06. The average Bonchev–Trinajstić information content (AvgIpc) is 2.56. The summed E-state index contributed by atoms with van der Waals surface area (Å²) in [5.74, 6) is 2.27. The standard InChI is InChI=1S/C18H21NO2S/c1-15-8-6-7-11-17(15)21-12-13-22-14-18(20)19(2)16-9-4-3-5-10-16/h3-11H,12-14H2,1-2H3. The van der Waals surface area contributed by atoms with Gasteiger partial charge in [0.15, 0.2) is 0 Å². The molecule has 0 atom stereocenters. The zero-order valence-corrected chi connectivity index (χ0v) is 13.8. The van der Waals surface area contributed by atoms with Gasteiger partial charge in [0, 0.05) is 18.5 Å². The minimum absolute atomic E-state index is 0.104. The highest BCUT2D eigenvalue weighted by atomic mass is 32.2. The Morgan fingerprint density at radius 2 is 1.77 bits per heavy atom. The Hall–Kier alpha value is -1.94. The van der Waals surface area contributed by atoms with Gasteiger partial charge < -0.3 is 9.64 Å². The fraction of sp³-hybridized carbons (Fsp3) is 0.278. The monoisotopic (exact) mass is 315 g/mol. The third-order valence-electron chi connectivity index (χ3n) is 3.32.